The average molecular weight is 473 g/mol. The Hall–Kier alpha value is -2.40. The van der Waals surface area contributed by atoms with Crippen LogP contribution < -0.4 is 4.74 Å². The molecule has 0 radical (unpaired) electrons. The standard InChI is InChI=1S/C25H33BrN2O2/c1-7-11-18-28(10-4)25(29)20(6)27-24(26)19(5)21-14-16-23(17-15-21)30-22(12-8-2)13-9-3/h8-9,12-17H,2,7,10-11,18H2,1,3-6H3/b13-9-,22-12+,24-19+,27-20+. The highest BCUT2D eigenvalue weighted by atomic mass is 79.9. The molecule has 1 aromatic carbocycles. The number of hydrogen-bond acceptors (Lipinski definition) is 3. The molecule has 5 heteroatoms. The Bertz CT molecular complexity index is 833. The van der Waals surface area contributed by atoms with E-state index in [4.69, 9.17) is 4.74 Å². The number of unbranched alkanes of at least 4 members (excludes halogenated alkanes) is 1. The van der Waals surface area contributed by atoms with E-state index >= 15 is 0 Å². The normalized spacial score (nSPS) is 13.3. The lowest BCUT2D eigenvalue weighted by Crippen LogP contribution is -2.36. The molecule has 1 amide bonds. The number of nitrogens with zero attached hydrogens (tertiary/aromatic N) is 2. The molecule has 0 spiro atoms. The Labute approximate surface area is 189 Å². The van der Waals surface area contributed by atoms with Gasteiger partial charge in [0.1, 0.15) is 21.8 Å². The number of carbonyl (C=O) groups excluding carboxylic acids is 1. The lowest BCUT2D eigenvalue weighted by atomic mass is 10.1. The molecule has 30 heavy (non-hydrogen) atoms. The van der Waals surface area contributed by atoms with Crippen LogP contribution in [0.2, 0.25) is 0 Å². The number of carbonyl (C=O) groups is 1. The second-order valence-corrected chi connectivity index (χ2v) is 7.53. The van der Waals surface area contributed by atoms with Crippen molar-refractivity contribution in [3.8, 4) is 5.75 Å². The molecule has 0 saturated heterocycles. The van der Waals surface area contributed by atoms with Gasteiger partial charge in [0, 0.05) is 13.1 Å². The highest BCUT2D eigenvalue weighted by Gasteiger charge is 2.15. The van der Waals surface area contributed by atoms with Crippen molar-refractivity contribution in [1.29, 1.82) is 0 Å². The Morgan fingerprint density at radius 2 is 1.90 bits per heavy atom. The van der Waals surface area contributed by atoms with E-state index in [0.29, 0.717) is 16.9 Å². The average Bonchev–Trinajstić information content (AvgIpc) is 2.74. The van der Waals surface area contributed by atoms with Crippen LogP contribution in [-0.2, 0) is 4.79 Å². The van der Waals surface area contributed by atoms with Gasteiger partial charge in [0.05, 0.1) is 0 Å². The van der Waals surface area contributed by atoms with Crippen molar-refractivity contribution in [2.45, 2.75) is 47.5 Å². The van der Waals surface area contributed by atoms with E-state index in [0.717, 1.165) is 42.0 Å². The summed E-state index contributed by atoms with van der Waals surface area (Å²) in [4.78, 5) is 19.0. The summed E-state index contributed by atoms with van der Waals surface area (Å²) in [5, 5.41) is 0. The largest absolute Gasteiger partial charge is 0.457 e. The first-order valence-electron chi connectivity index (χ1n) is 10.3. The third kappa shape index (κ3) is 8.15. The lowest BCUT2D eigenvalue weighted by molar-refractivity contribution is -0.124. The van der Waals surface area contributed by atoms with Gasteiger partial charge < -0.3 is 9.64 Å². The van der Waals surface area contributed by atoms with Crippen LogP contribution in [0.25, 0.3) is 5.57 Å². The van der Waals surface area contributed by atoms with Crippen LogP contribution in [0.15, 0.2) is 70.5 Å². The molecule has 0 aliphatic carbocycles. The molecule has 0 N–H and O–H groups in total. The number of benzene rings is 1. The summed E-state index contributed by atoms with van der Waals surface area (Å²) < 4.78 is 6.50. The molecule has 0 fully saturated rings. The predicted octanol–water partition coefficient (Wildman–Crippen LogP) is 6.90. The van der Waals surface area contributed by atoms with Crippen LogP contribution in [0.3, 0.4) is 0 Å². The summed E-state index contributed by atoms with van der Waals surface area (Å²) in [6, 6.07) is 7.76. The van der Waals surface area contributed by atoms with Crippen molar-refractivity contribution in [2.24, 2.45) is 4.99 Å². The van der Waals surface area contributed by atoms with E-state index in [1.165, 1.54) is 0 Å². The van der Waals surface area contributed by atoms with Gasteiger partial charge in [-0.15, -0.1) is 0 Å². The van der Waals surface area contributed by atoms with Crippen LogP contribution in [0.1, 0.15) is 53.0 Å². The van der Waals surface area contributed by atoms with E-state index in [9.17, 15) is 4.79 Å². The maximum absolute atomic E-state index is 12.6. The van der Waals surface area contributed by atoms with E-state index in [1.54, 1.807) is 13.0 Å². The summed E-state index contributed by atoms with van der Waals surface area (Å²) in [5.41, 5.74) is 2.42. The van der Waals surface area contributed by atoms with Gasteiger partial charge >= 0.3 is 0 Å². The van der Waals surface area contributed by atoms with Gasteiger partial charge in [-0.25, -0.2) is 4.99 Å². The maximum Gasteiger partial charge on any atom is 0.267 e. The fourth-order valence-corrected chi connectivity index (χ4v) is 3.19. The molecule has 0 bridgehead atoms. The lowest BCUT2D eigenvalue weighted by Gasteiger charge is -2.20. The molecule has 0 heterocycles. The summed E-state index contributed by atoms with van der Waals surface area (Å²) >= 11 is 3.53. The third-order valence-corrected chi connectivity index (χ3v) is 5.24. The van der Waals surface area contributed by atoms with Gasteiger partial charge in [-0.05, 0) is 85.5 Å². The zero-order chi connectivity index (χ0) is 22.5. The highest BCUT2D eigenvalue weighted by molar-refractivity contribution is 9.11. The first-order valence-corrected chi connectivity index (χ1v) is 11.1. The van der Waals surface area contributed by atoms with E-state index in [2.05, 4.69) is 34.4 Å². The minimum atomic E-state index is -0.0232. The Morgan fingerprint density at radius 1 is 1.23 bits per heavy atom. The molecule has 0 atom stereocenters. The van der Waals surface area contributed by atoms with Crippen molar-refractivity contribution < 1.29 is 9.53 Å². The number of aliphatic imine (C=N–C) groups is 1. The number of halogens is 1. The Morgan fingerprint density at radius 3 is 2.43 bits per heavy atom. The van der Waals surface area contributed by atoms with Gasteiger partial charge in [0.25, 0.3) is 5.91 Å². The van der Waals surface area contributed by atoms with Gasteiger partial charge in [-0.3, -0.25) is 4.79 Å². The van der Waals surface area contributed by atoms with Crippen LogP contribution >= 0.6 is 15.9 Å². The first kappa shape index (κ1) is 25.6. The van der Waals surface area contributed by atoms with Crippen LogP contribution in [0.4, 0.5) is 0 Å². The molecule has 0 aliphatic heterocycles. The van der Waals surface area contributed by atoms with Gasteiger partial charge in [-0.1, -0.05) is 44.2 Å². The molecular formula is C25H33BrN2O2. The minimum Gasteiger partial charge on any atom is -0.457 e. The van der Waals surface area contributed by atoms with E-state index in [1.807, 2.05) is 68.2 Å². The summed E-state index contributed by atoms with van der Waals surface area (Å²) in [6.45, 7) is 14.9. The summed E-state index contributed by atoms with van der Waals surface area (Å²) in [5.74, 6) is 1.43. The van der Waals surface area contributed by atoms with Crippen LogP contribution in [0, 0.1) is 0 Å². The summed E-state index contributed by atoms with van der Waals surface area (Å²) in [7, 11) is 0. The molecule has 0 aromatic heterocycles. The van der Waals surface area contributed by atoms with Crippen molar-refractivity contribution in [3.05, 3.63) is 71.1 Å². The maximum atomic E-state index is 12.6. The molecule has 0 saturated carbocycles. The van der Waals surface area contributed by atoms with Crippen LogP contribution in [-0.4, -0.2) is 29.6 Å². The van der Waals surface area contributed by atoms with Crippen molar-refractivity contribution in [1.82, 2.24) is 4.90 Å². The zero-order valence-electron chi connectivity index (χ0n) is 18.7. The second kappa shape index (κ2) is 13.8. The zero-order valence-corrected chi connectivity index (χ0v) is 20.3. The van der Waals surface area contributed by atoms with Crippen LogP contribution in [0.5, 0.6) is 5.75 Å². The van der Waals surface area contributed by atoms with Crippen molar-refractivity contribution in [2.75, 3.05) is 13.1 Å². The first-order chi connectivity index (χ1) is 14.4. The molecule has 1 aromatic rings. The Balaban J connectivity index is 3.00. The molecule has 162 valence electrons. The molecule has 1 rings (SSSR count). The predicted molar refractivity (Wildman–Crippen MR) is 132 cm³/mol. The third-order valence-electron chi connectivity index (χ3n) is 4.47. The molecule has 4 nitrogen and oxygen atoms in total. The van der Waals surface area contributed by atoms with Crippen molar-refractivity contribution in [3.63, 3.8) is 0 Å². The van der Waals surface area contributed by atoms with Crippen molar-refractivity contribution >= 4 is 33.1 Å². The number of allylic oxidation sites excluding steroid dienone is 5. The monoisotopic (exact) mass is 472 g/mol. The van der Waals surface area contributed by atoms with Gasteiger partial charge in [0.2, 0.25) is 0 Å². The molecular weight excluding hydrogens is 440 g/mol. The Kier molecular flexibility index (Phi) is 11.8. The van der Waals surface area contributed by atoms with Gasteiger partial charge in [0.15, 0.2) is 0 Å². The number of ether oxygens (including phenoxy) is 1. The quantitative estimate of drug-likeness (QED) is 0.152. The topological polar surface area (TPSA) is 41.9 Å². The molecule has 0 unspecified atom stereocenters. The van der Waals surface area contributed by atoms with E-state index < -0.39 is 0 Å². The fraction of sp³-hybridized carbons (Fsp3) is 0.360. The SMILES string of the molecule is C=C/C=C(\C=C/C)Oc1ccc(/C(C)=C(Br)/N=C(\C)C(=O)N(CC)CCCC)cc1. The second-order valence-electron chi connectivity index (χ2n) is 6.78. The number of hydrogen-bond donors (Lipinski definition) is 0. The highest BCUT2D eigenvalue weighted by Crippen LogP contribution is 2.26. The fourth-order valence-electron chi connectivity index (χ4n) is 2.69. The number of rotatable bonds is 11. The number of amides is 1. The minimum absolute atomic E-state index is 0.0232. The smallest absolute Gasteiger partial charge is 0.267 e. The molecule has 0 aliphatic rings. The van der Waals surface area contributed by atoms with E-state index in [-0.39, 0.29) is 5.91 Å². The summed E-state index contributed by atoms with van der Waals surface area (Å²) in [6.07, 6.45) is 9.35. The van der Waals surface area contributed by atoms with Gasteiger partial charge in [-0.2, -0.15) is 0 Å².